The van der Waals surface area contributed by atoms with Crippen molar-refractivity contribution in [3.63, 3.8) is 0 Å². The molecule has 0 saturated heterocycles. The smallest absolute Gasteiger partial charge is 0.232 e. The molecule has 1 aliphatic heterocycles. The predicted molar refractivity (Wildman–Crippen MR) is 125 cm³/mol. The van der Waals surface area contributed by atoms with E-state index < -0.39 is 0 Å². The summed E-state index contributed by atoms with van der Waals surface area (Å²) < 4.78 is 0. The minimum atomic E-state index is -0.216. The fourth-order valence-corrected chi connectivity index (χ4v) is 5.21. The zero-order valence-corrected chi connectivity index (χ0v) is 18.4. The van der Waals surface area contributed by atoms with Gasteiger partial charge in [0.2, 0.25) is 5.91 Å². The van der Waals surface area contributed by atoms with E-state index in [-0.39, 0.29) is 29.9 Å². The van der Waals surface area contributed by atoms with Crippen molar-refractivity contribution in [2.75, 3.05) is 4.90 Å². The molecule has 0 N–H and O–H groups in total. The average Bonchev–Trinajstić information content (AvgIpc) is 2.80. The molecule has 160 valence electrons. The molecule has 0 fully saturated rings. The number of pyridine rings is 1. The number of carbonyl (C=O) groups is 2. The largest absolute Gasteiger partial charge is 0.294 e. The second-order valence-corrected chi connectivity index (χ2v) is 8.86. The lowest BCUT2D eigenvalue weighted by Crippen LogP contribution is -2.42. The molecule has 0 radical (unpaired) electrons. The minimum Gasteiger partial charge on any atom is -0.294 e. The third-order valence-corrected chi connectivity index (χ3v) is 6.70. The van der Waals surface area contributed by atoms with Crippen molar-refractivity contribution < 1.29 is 9.59 Å². The Hall–Kier alpha value is -3.53. The van der Waals surface area contributed by atoms with Gasteiger partial charge in [-0.15, -0.1) is 0 Å². The number of anilines is 1. The lowest BCUT2D eigenvalue weighted by Gasteiger charge is -2.41. The van der Waals surface area contributed by atoms with E-state index in [2.05, 4.69) is 30.1 Å². The molecule has 2 aliphatic rings. The van der Waals surface area contributed by atoms with Crippen LogP contribution in [0, 0.1) is 13.8 Å². The average molecular weight is 423 g/mol. The van der Waals surface area contributed by atoms with E-state index in [1.807, 2.05) is 54.3 Å². The van der Waals surface area contributed by atoms with Gasteiger partial charge in [0.15, 0.2) is 5.78 Å². The molecular formula is C28H26N2O2. The number of ketones is 1. The van der Waals surface area contributed by atoms with Gasteiger partial charge < -0.3 is 0 Å². The van der Waals surface area contributed by atoms with Crippen LogP contribution in [0.25, 0.3) is 0 Å². The maximum absolute atomic E-state index is 13.6. The minimum absolute atomic E-state index is 0.0408. The lowest BCUT2D eigenvalue weighted by atomic mass is 9.73. The van der Waals surface area contributed by atoms with Crippen LogP contribution in [0.1, 0.15) is 53.4 Å². The molecule has 1 aliphatic carbocycles. The van der Waals surface area contributed by atoms with Gasteiger partial charge in [0.05, 0.1) is 5.69 Å². The molecule has 32 heavy (non-hydrogen) atoms. The number of Topliss-reactive ketones (excluding diaryl/α,β-unsaturated/α-hetero) is 1. The summed E-state index contributed by atoms with van der Waals surface area (Å²) >= 11 is 0. The van der Waals surface area contributed by atoms with Gasteiger partial charge in [0, 0.05) is 42.4 Å². The number of allylic oxidation sites excluding steroid dienone is 2. The summed E-state index contributed by atoms with van der Waals surface area (Å²) in [6, 6.07) is 20.2. The normalized spacial score (nSPS) is 21.0. The van der Waals surface area contributed by atoms with E-state index >= 15 is 0 Å². The van der Waals surface area contributed by atoms with E-state index in [9.17, 15) is 9.59 Å². The quantitative estimate of drug-likeness (QED) is 0.550. The van der Waals surface area contributed by atoms with Crippen LogP contribution in [0.2, 0.25) is 0 Å². The number of carbonyl (C=O) groups excluding carboxylic acids is 2. The molecule has 0 saturated carbocycles. The summed E-state index contributed by atoms with van der Waals surface area (Å²) in [5, 5.41) is 0. The molecular weight excluding hydrogens is 396 g/mol. The summed E-state index contributed by atoms with van der Waals surface area (Å²) in [6.07, 6.45) is 4.90. The zero-order valence-electron chi connectivity index (χ0n) is 18.4. The monoisotopic (exact) mass is 422 g/mol. The summed E-state index contributed by atoms with van der Waals surface area (Å²) in [5.74, 6) is 0.0367. The zero-order chi connectivity index (χ0) is 22.2. The highest BCUT2D eigenvalue weighted by Crippen LogP contribution is 2.47. The first-order valence-electron chi connectivity index (χ1n) is 11.1. The van der Waals surface area contributed by atoms with Gasteiger partial charge in [-0.05, 0) is 61.1 Å². The Morgan fingerprint density at radius 3 is 2.31 bits per heavy atom. The Morgan fingerprint density at radius 1 is 0.844 bits per heavy atom. The van der Waals surface area contributed by atoms with Crippen molar-refractivity contribution in [3.8, 4) is 0 Å². The van der Waals surface area contributed by atoms with Gasteiger partial charge in [-0.25, -0.2) is 0 Å². The van der Waals surface area contributed by atoms with E-state index in [1.165, 1.54) is 0 Å². The van der Waals surface area contributed by atoms with Crippen molar-refractivity contribution in [2.24, 2.45) is 0 Å². The Balaban J connectivity index is 1.67. The van der Waals surface area contributed by atoms with Crippen LogP contribution >= 0.6 is 0 Å². The first-order chi connectivity index (χ1) is 15.5. The van der Waals surface area contributed by atoms with E-state index in [0.717, 1.165) is 39.2 Å². The predicted octanol–water partition coefficient (Wildman–Crippen LogP) is 5.62. The Bertz CT molecular complexity index is 1210. The Kier molecular flexibility index (Phi) is 5.22. The number of hydrogen-bond donors (Lipinski definition) is 0. The molecule has 1 amide bonds. The first kappa shape index (κ1) is 20.4. The maximum Gasteiger partial charge on any atom is 0.232 e. The number of nitrogens with zero attached hydrogens (tertiary/aromatic N) is 2. The van der Waals surface area contributed by atoms with Crippen LogP contribution < -0.4 is 4.90 Å². The van der Waals surface area contributed by atoms with Gasteiger partial charge in [0.1, 0.15) is 0 Å². The third kappa shape index (κ3) is 3.56. The molecule has 4 nitrogen and oxygen atoms in total. The molecule has 1 aromatic heterocycles. The highest BCUT2D eigenvalue weighted by molar-refractivity contribution is 6.08. The highest BCUT2D eigenvalue weighted by Gasteiger charge is 2.42. The number of aromatic nitrogens is 1. The molecule has 3 aromatic rings. The third-order valence-electron chi connectivity index (χ3n) is 6.70. The highest BCUT2D eigenvalue weighted by atomic mass is 16.2. The van der Waals surface area contributed by atoms with Crippen molar-refractivity contribution in [2.45, 2.75) is 44.9 Å². The summed E-state index contributed by atoms with van der Waals surface area (Å²) in [4.78, 5) is 33.1. The standard InChI is InChI=1S/C28H26N2O2/c1-18-8-9-24(19(2)14-18)30-25-15-22(20-6-4-3-5-7-20)16-26(31)28(25)23(17-27(30)32)21-10-12-29-13-11-21/h3-14,22-23H,15-17H2,1-2H3. The molecule has 2 atom stereocenters. The Labute approximate surface area is 188 Å². The number of amides is 1. The van der Waals surface area contributed by atoms with Crippen LogP contribution in [-0.4, -0.2) is 16.7 Å². The van der Waals surface area contributed by atoms with Crippen molar-refractivity contribution in [1.29, 1.82) is 0 Å². The van der Waals surface area contributed by atoms with Crippen molar-refractivity contribution >= 4 is 17.4 Å². The van der Waals surface area contributed by atoms with Gasteiger partial charge >= 0.3 is 0 Å². The molecule has 0 spiro atoms. The van der Waals surface area contributed by atoms with E-state index in [4.69, 9.17) is 0 Å². The fourth-order valence-electron chi connectivity index (χ4n) is 5.21. The molecule has 2 heterocycles. The van der Waals surface area contributed by atoms with Crippen LogP contribution in [0.5, 0.6) is 0 Å². The topological polar surface area (TPSA) is 50.3 Å². The first-order valence-corrected chi connectivity index (χ1v) is 11.1. The fraction of sp³-hybridized carbons (Fsp3) is 0.250. The van der Waals surface area contributed by atoms with Crippen LogP contribution in [-0.2, 0) is 9.59 Å². The lowest BCUT2D eigenvalue weighted by molar-refractivity contribution is -0.120. The van der Waals surface area contributed by atoms with E-state index in [0.29, 0.717) is 12.8 Å². The van der Waals surface area contributed by atoms with Crippen LogP contribution in [0.3, 0.4) is 0 Å². The van der Waals surface area contributed by atoms with Crippen molar-refractivity contribution in [1.82, 2.24) is 4.98 Å². The maximum atomic E-state index is 13.6. The van der Waals surface area contributed by atoms with Gasteiger partial charge in [0.25, 0.3) is 0 Å². The van der Waals surface area contributed by atoms with Gasteiger partial charge in [-0.1, -0.05) is 48.0 Å². The van der Waals surface area contributed by atoms with Crippen LogP contribution in [0.4, 0.5) is 5.69 Å². The van der Waals surface area contributed by atoms with Crippen molar-refractivity contribution in [3.05, 3.63) is 107 Å². The SMILES string of the molecule is Cc1ccc(N2C(=O)CC(c3ccncc3)C3=C2CC(c2ccccc2)CC3=O)c(C)c1. The number of rotatable bonds is 3. The second kappa shape index (κ2) is 8.19. The number of hydrogen-bond acceptors (Lipinski definition) is 3. The number of benzene rings is 2. The molecule has 4 heteroatoms. The van der Waals surface area contributed by atoms with Crippen LogP contribution in [0.15, 0.2) is 84.3 Å². The molecule has 2 aromatic carbocycles. The molecule has 5 rings (SSSR count). The molecule has 2 unspecified atom stereocenters. The van der Waals surface area contributed by atoms with E-state index in [1.54, 1.807) is 12.4 Å². The number of aryl methyl sites for hydroxylation is 2. The van der Waals surface area contributed by atoms with Gasteiger partial charge in [-0.2, -0.15) is 0 Å². The molecule has 0 bridgehead atoms. The Morgan fingerprint density at radius 2 is 1.59 bits per heavy atom. The summed E-state index contributed by atoms with van der Waals surface area (Å²) in [6.45, 7) is 4.08. The van der Waals surface area contributed by atoms with Gasteiger partial charge in [-0.3, -0.25) is 19.5 Å². The summed E-state index contributed by atoms with van der Waals surface area (Å²) in [5.41, 5.74) is 6.85. The summed E-state index contributed by atoms with van der Waals surface area (Å²) in [7, 11) is 0. The second-order valence-electron chi connectivity index (χ2n) is 8.86.